The van der Waals surface area contributed by atoms with Gasteiger partial charge in [0.25, 0.3) is 5.91 Å². The lowest BCUT2D eigenvalue weighted by Gasteiger charge is -2.20. The van der Waals surface area contributed by atoms with Crippen LogP contribution in [0.15, 0.2) is 94.1 Å². The van der Waals surface area contributed by atoms with Gasteiger partial charge in [0.2, 0.25) is 0 Å². The average Bonchev–Trinajstić information content (AvgIpc) is 3.19. The van der Waals surface area contributed by atoms with Crippen molar-refractivity contribution in [2.75, 3.05) is 17.7 Å². The molecular formula is C25H20ClN7O. The Labute approximate surface area is 200 Å². The molecule has 2 heterocycles. The Bertz CT molecular complexity index is 1410. The molecule has 1 atom stereocenters. The zero-order valence-electron chi connectivity index (χ0n) is 18.2. The molecule has 0 aliphatic carbocycles. The number of nitrogens with two attached hydrogens (primary N) is 1. The molecule has 0 bridgehead atoms. The Kier molecular flexibility index (Phi) is 5.65. The summed E-state index contributed by atoms with van der Waals surface area (Å²) in [4.78, 5) is 20.1. The summed E-state index contributed by atoms with van der Waals surface area (Å²) in [7, 11) is 1.70. The number of azo groups is 1. The summed E-state index contributed by atoms with van der Waals surface area (Å²) in [6.45, 7) is 0. The summed E-state index contributed by atoms with van der Waals surface area (Å²) >= 11 is 6.33. The molecule has 3 aromatic carbocycles. The van der Waals surface area contributed by atoms with Crippen molar-refractivity contribution >= 4 is 46.1 Å². The Hall–Kier alpha value is -4.30. The molecule has 3 N–H and O–H groups in total. The van der Waals surface area contributed by atoms with E-state index >= 15 is 0 Å². The summed E-state index contributed by atoms with van der Waals surface area (Å²) in [5.41, 5.74) is 10.3. The number of halogens is 1. The fourth-order valence-corrected chi connectivity index (χ4v) is 4.00. The number of aliphatic imine (C=N–C) groups is 1. The minimum absolute atomic E-state index is 0.131. The van der Waals surface area contributed by atoms with Gasteiger partial charge in [-0.3, -0.25) is 14.9 Å². The number of benzodiazepines with no additional fused rings is 1. The molecular weight excluding hydrogens is 450 g/mol. The Balaban J connectivity index is 1.68. The number of hydrogen-bond donors (Lipinski definition) is 2. The van der Waals surface area contributed by atoms with E-state index in [1.165, 1.54) is 0 Å². The van der Waals surface area contributed by atoms with Gasteiger partial charge in [0.05, 0.1) is 22.8 Å². The first kappa shape index (κ1) is 21.5. The van der Waals surface area contributed by atoms with Crippen molar-refractivity contribution in [2.45, 2.75) is 6.04 Å². The molecule has 34 heavy (non-hydrogen) atoms. The molecule has 5 rings (SSSR count). The van der Waals surface area contributed by atoms with Gasteiger partial charge >= 0.3 is 0 Å². The molecule has 0 saturated carbocycles. The van der Waals surface area contributed by atoms with Crippen molar-refractivity contribution in [2.24, 2.45) is 15.2 Å². The topological polar surface area (TPSA) is 112 Å². The quantitative estimate of drug-likeness (QED) is 0.378. The average molecular weight is 470 g/mol. The van der Waals surface area contributed by atoms with Gasteiger partial charge in [0.15, 0.2) is 17.5 Å². The molecule has 0 saturated heterocycles. The SMILES string of the molecule is CN1C(=O)C(c2[nH]nc(N)c2N=Nc2ccccc2)N=C(c2ccccc2)c2cc(Cl)ccc21. The summed E-state index contributed by atoms with van der Waals surface area (Å²) in [5.74, 6) is -0.138. The summed E-state index contributed by atoms with van der Waals surface area (Å²) in [6, 6.07) is 23.3. The molecule has 1 aromatic heterocycles. The zero-order valence-corrected chi connectivity index (χ0v) is 18.9. The van der Waals surface area contributed by atoms with E-state index in [9.17, 15) is 4.79 Å². The maximum absolute atomic E-state index is 13.6. The molecule has 9 heteroatoms. The zero-order chi connectivity index (χ0) is 23.7. The van der Waals surface area contributed by atoms with E-state index in [-0.39, 0.29) is 17.4 Å². The minimum atomic E-state index is -0.971. The molecule has 1 aliphatic rings. The number of carbonyl (C=O) groups is 1. The number of anilines is 2. The minimum Gasteiger partial charge on any atom is -0.380 e. The maximum atomic E-state index is 13.6. The van der Waals surface area contributed by atoms with Crippen molar-refractivity contribution in [3.05, 3.63) is 101 Å². The van der Waals surface area contributed by atoms with Crippen LogP contribution in [-0.2, 0) is 4.79 Å². The van der Waals surface area contributed by atoms with Crippen molar-refractivity contribution in [1.82, 2.24) is 10.2 Å². The lowest BCUT2D eigenvalue weighted by molar-refractivity contribution is -0.119. The molecule has 8 nitrogen and oxygen atoms in total. The highest BCUT2D eigenvalue weighted by Crippen LogP contribution is 2.38. The van der Waals surface area contributed by atoms with Crippen molar-refractivity contribution in [3.8, 4) is 0 Å². The summed E-state index contributed by atoms with van der Waals surface area (Å²) in [6.07, 6.45) is 0. The van der Waals surface area contributed by atoms with Gasteiger partial charge in [-0.2, -0.15) is 10.2 Å². The number of carbonyl (C=O) groups excluding carboxylic acids is 1. The molecule has 4 aromatic rings. The Morgan fingerprint density at radius 2 is 1.71 bits per heavy atom. The van der Waals surface area contributed by atoms with Crippen LogP contribution in [0.4, 0.5) is 22.9 Å². The predicted molar refractivity (Wildman–Crippen MR) is 133 cm³/mol. The highest BCUT2D eigenvalue weighted by atomic mass is 35.5. The number of fused-ring (bicyclic) bond motifs is 1. The van der Waals surface area contributed by atoms with Crippen molar-refractivity contribution in [1.29, 1.82) is 0 Å². The number of aromatic amines is 1. The van der Waals surface area contributed by atoms with E-state index in [2.05, 4.69) is 20.4 Å². The summed E-state index contributed by atoms with van der Waals surface area (Å²) < 4.78 is 0. The Morgan fingerprint density at radius 1 is 1.00 bits per heavy atom. The van der Waals surface area contributed by atoms with Crippen LogP contribution in [0.5, 0.6) is 0 Å². The van der Waals surface area contributed by atoms with Crippen LogP contribution in [0.1, 0.15) is 22.9 Å². The highest BCUT2D eigenvalue weighted by molar-refractivity contribution is 6.32. The second-order valence-corrected chi connectivity index (χ2v) is 8.15. The van der Waals surface area contributed by atoms with Crippen LogP contribution in [0, 0.1) is 0 Å². The van der Waals surface area contributed by atoms with Crippen LogP contribution in [-0.4, -0.2) is 28.9 Å². The van der Waals surface area contributed by atoms with Crippen LogP contribution in [0.25, 0.3) is 0 Å². The molecule has 1 aliphatic heterocycles. The number of H-pyrrole nitrogens is 1. The molecule has 168 valence electrons. The van der Waals surface area contributed by atoms with E-state index in [4.69, 9.17) is 22.3 Å². The fourth-order valence-electron chi connectivity index (χ4n) is 3.82. The maximum Gasteiger partial charge on any atom is 0.257 e. The van der Waals surface area contributed by atoms with Gasteiger partial charge in [-0.1, -0.05) is 60.1 Å². The third kappa shape index (κ3) is 3.95. The normalized spacial score (nSPS) is 15.8. The third-order valence-corrected chi connectivity index (χ3v) is 5.77. The van der Waals surface area contributed by atoms with Gasteiger partial charge in [-0.25, -0.2) is 0 Å². The van der Waals surface area contributed by atoms with Gasteiger partial charge in [-0.15, -0.1) is 5.11 Å². The monoisotopic (exact) mass is 469 g/mol. The first-order chi connectivity index (χ1) is 16.5. The first-order valence-corrected chi connectivity index (χ1v) is 10.9. The van der Waals surface area contributed by atoms with Crippen molar-refractivity contribution in [3.63, 3.8) is 0 Å². The molecule has 1 unspecified atom stereocenters. The number of rotatable bonds is 4. The van der Waals surface area contributed by atoms with E-state index < -0.39 is 6.04 Å². The second kappa shape index (κ2) is 8.92. The first-order valence-electron chi connectivity index (χ1n) is 10.5. The number of aromatic nitrogens is 2. The van der Waals surface area contributed by atoms with E-state index in [1.807, 2.05) is 72.8 Å². The molecule has 0 radical (unpaired) electrons. The number of likely N-dealkylation sites (N-methyl/N-ethyl adjacent to an activating group) is 1. The van der Waals surface area contributed by atoms with Gasteiger partial charge < -0.3 is 10.6 Å². The number of nitrogens with zero attached hydrogens (tertiary/aromatic N) is 5. The van der Waals surface area contributed by atoms with Crippen LogP contribution >= 0.6 is 11.6 Å². The predicted octanol–water partition coefficient (Wildman–Crippen LogP) is 5.62. The van der Waals surface area contributed by atoms with Crippen molar-refractivity contribution < 1.29 is 4.79 Å². The lowest BCUT2D eigenvalue weighted by atomic mass is 10.0. The molecule has 0 fully saturated rings. The largest absolute Gasteiger partial charge is 0.380 e. The van der Waals surface area contributed by atoms with Gasteiger partial charge in [0.1, 0.15) is 0 Å². The lowest BCUT2D eigenvalue weighted by Crippen LogP contribution is -2.30. The smallest absolute Gasteiger partial charge is 0.257 e. The molecule has 0 spiro atoms. The van der Waals surface area contributed by atoms with E-state index in [0.717, 1.165) is 11.1 Å². The fraction of sp³-hybridized carbons (Fsp3) is 0.0800. The third-order valence-electron chi connectivity index (χ3n) is 5.53. The van der Waals surface area contributed by atoms with Crippen LogP contribution < -0.4 is 10.6 Å². The highest BCUT2D eigenvalue weighted by Gasteiger charge is 2.34. The number of amides is 1. The number of hydrogen-bond acceptors (Lipinski definition) is 6. The van der Waals surface area contributed by atoms with Crippen LogP contribution in [0.2, 0.25) is 5.02 Å². The Morgan fingerprint density at radius 3 is 2.44 bits per heavy atom. The van der Waals surface area contributed by atoms with E-state index in [0.29, 0.717) is 27.8 Å². The van der Waals surface area contributed by atoms with Crippen LogP contribution in [0.3, 0.4) is 0 Å². The van der Waals surface area contributed by atoms with Gasteiger partial charge in [-0.05, 0) is 30.3 Å². The van der Waals surface area contributed by atoms with E-state index in [1.54, 1.807) is 18.0 Å². The second-order valence-electron chi connectivity index (χ2n) is 7.71. The number of nitrogen functional groups attached to an aromatic ring is 1. The number of nitrogens with one attached hydrogen (secondary N) is 1. The number of benzene rings is 3. The molecule has 1 amide bonds. The van der Waals surface area contributed by atoms with Gasteiger partial charge in [0, 0.05) is 23.2 Å². The standard InChI is InChI=1S/C25H20ClN7O/c1-33-19-13-12-16(26)14-18(19)20(15-8-4-2-5-9-15)28-23(25(33)34)21-22(24(27)32-30-21)31-29-17-10-6-3-7-11-17/h2-14,23H,1H3,(H3,27,30,32). The summed E-state index contributed by atoms with van der Waals surface area (Å²) in [5, 5.41) is 16.1.